The molecule has 1 N–H and O–H groups in total. The molecule has 2 aromatic rings. The van der Waals surface area contributed by atoms with E-state index in [1.54, 1.807) is 12.1 Å². The normalized spacial score (nSPS) is 17.1. The number of carbonyl (C=O) groups excluding carboxylic acids is 1. The summed E-state index contributed by atoms with van der Waals surface area (Å²) in [6, 6.07) is 14.4. The van der Waals surface area contributed by atoms with E-state index in [4.69, 9.17) is 0 Å². The van der Waals surface area contributed by atoms with Gasteiger partial charge in [-0.15, -0.1) is 0 Å². The number of nitro groups is 1. The molecular weight excluding hydrogens is 318 g/mol. The summed E-state index contributed by atoms with van der Waals surface area (Å²) in [4.78, 5) is 24.6. The van der Waals surface area contributed by atoms with E-state index in [0.29, 0.717) is 13.1 Å². The molecule has 1 saturated heterocycles. The van der Waals surface area contributed by atoms with Crippen molar-refractivity contribution in [3.63, 3.8) is 0 Å². The molecule has 0 unspecified atom stereocenters. The Morgan fingerprint density at radius 3 is 2.40 bits per heavy atom. The van der Waals surface area contributed by atoms with Gasteiger partial charge >= 0.3 is 0 Å². The maximum Gasteiger partial charge on any atom is 0.269 e. The number of benzene rings is 2. The van der Waals surface area contributed by atoms with Gasteiger partial charge in [0, 0.05) is 31.8 Å². The number of amides is 1. The number of nitrogens with one attached hydrogen (secondary N) is 1. The van der Waals surface area contributed by atoms with Crippen molar-refractivity contribution in [1.29, 1.82) is 0 Å². The van der Waals surface area contributed by atoms with Gasteiger partial charge in [-0.3, -0.25) is 14.9 Å². The highest BCUT2D eigenvalue weighted by atomic mass is 16.6. The standard InChI is InChI=1S/C19H21N3O3/c1-14-2-4-16(5-3-14)13-21-11-10-18(19(21)23)20-12-15-6-8-17(9-7-15)22(24)25/h2-9,18,20H,10-13H2,1H3/t18-/m1/s1. The molecule has 3 rings (SSSR count). The van der Waals surface area contributed by atoms with E-state index in [1.165, 1.54) is 17.7 Å². The fourth-order valence-corrected chi connectivity index (χ4v) is 2.98. The van der Waals surface area contributed by atoms with Gasteiger partial charge in [0.05, 0.1) is 11.0 Å². The molecule has 6 nitrogen and oxygen atoms in total. The lowest BCUT2D eigenvalue weighted by molar-refractivity contribution is -0.384. The average molecular weight is 339 g/mol. The van der Waals surface area contributed by atoms with Crippen LogP contribution in [0.1, 0.15) is 23.1 Å². The van der Waals surface area contributed by atoms with Crippen LogP contribution in [-0.4, -0.2) is 28.3 Å². The second kappa shape index (κ2) is 7.44. The molecule has 0 radical (unpaired) electrons. The van der Waals surface area contributed by atoms with Gasteiger partial charge in [-0.2, -0.15) is 0 Å². The first kappa shape index (κ1) is 17.1. The molecule has 0 spiro atoms. The molecule has 1 atom stereocenters. The molecule has 0 aliphatic carbocycles. The third-order valence-electron chi connectivity index (χ3n) is 4.49. The van der Waals surface area contributed by atoms with Crippen LogP contribution in [0.3, 0.4) is 0 Å². The summed E-state index contributed by atoms with van der Waals surface area (Å²) in [6.45, 7) is 3.94. The predicted octanol–water partition coefficient (Wildman–Crippen LogP) is 2.79. The minimum Gasteiger partial charge on any atom is -0.337 e. The zero-order valence-electron chi connectivity index (χ0n) is 14.1. The number of carbonyl (C=O) groups is 1. The van der Waals surface area contributed by atoms with Gasteiger partial charge in [0.2, 0.25) is 5.91 Å². The van der Waals surface area contributed by atoms with Crippen LogP contribution in [0.4, 0.5) is 5.69 Å². The van der Waals surface area contributed by atoms with Gasteiger partial charge in [0.1, 0.15) is 0 Å². The van der Waals surface area contributed by atoms with Gasteiger partial charge in [-0.1, -0.05) is 42.0 Å². The monoisotopic (exact) mass is 339 g/mol. The summed E-state index contributed by atoms with van der Waals surface area (Å²) in [5.74, 6) is 0.113. The van der Waals surface area contributed by atoms with Crippen molar-refractivity contribution in [3.05, 3.63) is 75.3 Å². The van der Waals surface area contributed by atoms with E-state index in [-0.39, 0.29) is 17.6 Å². The van der Waals surface area contributed by atoms with Gasteiger partial charge in [0.15, 0.2) is 0 Å². The zero-order chi connectivity index (χ0) is 17.8. The Labute approximate surface area is 146 Å². The zero-order valence-corrected chi connectivity index (χ0v) is 14.1. The van der Waals surface area contributed by atoms with Crippen molar-refractivity contribution in [3.8, 4) is 0 Å². The van der Waals surface area contributed by atoms with E-state index in [1.807, 2.05) is 11.8 Å². The van der Waals surface area contributed by atoms with Crippen molar-refractivity contribution < 1.29 is 9.72 Å². The van der Waals surface area contributed by atoms with Gasteiger partial charge < -0.3 is 10.2 Å². The van der Waals surface area contributed by atoms with Crippen LogP contribution in [0.2, 0.25) is 0 Å². The fraction of sp³-hybridized carbons (Fsp3) is 0.316. The number of rotatable bonds is 6. The SMILES string of the molecule is Cc1ccc(CN2CC[C@@H](NCc3ccc([N+](=O)[O-])cc3)C2=O)cc1. The maximum atomic E-state index is 12.5. The van der Waals surface area contributed by atoms with Crippen LogP contribution in [-0.2, 0) is 17.9 Å². The van der Waals surface area contributed by atoms with E-state index in [9.17, 15) is 14.9 Å². The first-order valence-electron chi connectivity index (χ1n) is 8.34. The average Bonchev–Trinajstić information content (AvgIpc) is 2.95. The molecule has 0 saturated carbocycles. The Balaban J connectivity index is 1.53. The highest BCUT2D eigenvalue weighted by molar-refractivity contribution is 5.83. The van der Waals surface area contributed by atoms with Crippen LogP contribution in [0.15, 0.2) is 48.5 Å². The number of hydrogen-bond acceptors (Lipinski definition) is 4. The summed E-state index contributed by atoms with van der Waals surface area (Å²) in [6.07, 6.45) is 0.775. The lowest BCUT2D eigenvalue weighted by atomic mass is 10.1. The maximum absolute atomic E-state index is 12.5. The van der Waals surface area contributed by atoms with E-state index in [2.05, 4.69) is 29.6 Å². The van der Waals surface area contributed by atoms with Crippen molar-refractivity contribution in [2.75, 3.05) is 6.54 Å². The Hall–Kier alpha value is -2.73. The molecule has 0 aromatic heterocycles. The Morgan fingerprint density at radius 1 is 1.12 bits per heavy atom. The quantitative estimate of drug-likeness (QED) is 0.649. The Bertz CT molecular complexity index is 756. The third kappa shape index (κ3) is 4.22. The van der Waals surface area contributed by atoms with E-state index < -0.39 is 4.92 Å². The Kier molecular flexibility index (Phi) is 5.09. The largest absolute Gasteiger partial charge is 0.337 e. The van der Waals surface area contributed by atoms with Gasteiger partial charge in [-0.05, 0) is 24.5 Å². The highest BCUT2D eigenvalue weighted by Gasteiger charge is 2.30. The van der Waals surface area contributed by atoms with Gasteiger partial charge in [-0.25, -0.2) is 0 Å². The topological polar surface area (TPSA) is 75.5 Å². The molecule has 25 heavy (non-hydrogen) atoms. The van der Waals surface area contributed by atoms with Crippen LogP contribution in [0.25, 0.3) is 0 Å². The number of aryl methyl sites for hydroxylation is 1. The predicted molar refractivity (Wildman–Crippen MR) is 94.9 cm³/mol. The molecule has 1 heterocycles. The molecule has 0 bridgehead atoms. The summed E-state index contributed by atoms with van der Waals surface area (Å²) in [7, 11) is 0. The molecule has 130 valence electrons. The first-order chi connectivity index (χ1) is 12.0. The minimum atomic E-state index is -0.416. The number of likely N-dealkylation sites (tertiary alicyclic amines) is 1. The van der Waals surface area contributed by atoms with Crippen molar-refractivity contribution >= 4 is 11.6 Å². The number of non-ortho nitro benzene ring substituents is 1. The number of nitrogens with zero attached hydrogens (tertiary/aromatic N) is 2. The summed E-state index contributed by atoms with van der Waals surface area (Å²) < 4.78 is 0. The summed E-state index contributed by atoms with van der Waals surface area (Å²) >= 11 is 0. The second-order valence-corrected chi connectivity index (χ2v) is 6.39. The van der Waals surface area contributed by atoms with Crippen molar-refractivity contribution in [2.24, 2.45) is 0 Å². The molecule has 1 fully saturated rings. The third-order valence-corrected chi connectivity index (χ3v) is 4.49. The van der Waals surface area contributed by atoms with Crippen LogP contribution < -0.4 is 5.32 Å². The summed E-state index contributed by atoms with van der Waals surface area (Å²) in [5, 5.41) is 13.9. The second-order valence-electron chi connectivity index (χ2n) is 6.39. The molecule has 1 aliphatic heterocycles. The van der Waals surface area contributed by atoms with Crippen LogP contribution in [0, 0.1) is 17.0 Å². The van der Waals surface area contributed by atoms with Crippen LogP contribution >= 0.6 is 0 Å². The number of hydrogen-bond donors (Lipinski definition) is 1. The molecule has 1 aliphatic rings. The van der Waals surface area contributed by atoms with Crippen LogP contribution in [0.5, 0.6) is 0 Å². The lowest BCUT2D eigenvalue weighted by Gasteiger charge is -2.17. The molecular formula is C19H21N3O3. The van der Waals surface area contributed by atoms with Crippen molar-refractivity contribution in [2.45, 2.75) is 32.5 Å². The first-order valence-corrected chi connectivity index (χ1v) is 8.34. The van der Waals surface area contributed by atoms with E-state index >= 15 is 0 Å². The fourth-order valence-electron chi connectivity index (χ4n) is 2.98. The van der Waals surface area contributed by atoms with Crippen molar-refractivity contribution in [1.82, 2.24) is 10.2 Å². The number of nitro benzene ring substituents is 1. The van der Waals surface area contributed by atoms with E-state index in [0.717, 1.165) is 24.1 Å². The smallest absolute Gasteiger partial charge is 0.269 e. The lowest BCUT2D eigenvalue weighted by Crippen LogP contribution is -2.37. The molecule has 2 aromatic carbocycles. The molecule has 1 amide bonds. The Morgan fingerprint density at radius 2 is 1.76 bits per heavy atom. The highest BCUT2D eigenvalue weighted by Crippen LogP contribution is 2.17. The minimum absolute atomic E-state index is 0.0740. The molecule has 6 heteroatoms. The van der Waals surface area contributed by atoms with Gasteiger partial charge in [0.25, 0.3) is 5.69 Å². The summed E-state index contributed by atoms with van der Waals surface area (Å²) in [5.41, 5.74) is 3.34.